The van der Waals surface area contributed by atoms with Crippen molar-refractivity contribution < 1.29 is 9.90 Å². The van der Waals surface area contributed by atoms with Crippen LogP contribution in [-0.4, -0.2) is 25.4 Å². The summed E-state index contributed by atoms with van der Waals surface area (Å²) in [6, 6.07) is 6.06. The molecule has 3 rings (SSSR count). The zero-order valence-corrected chi connectivity index (χ0v) is 13.2. The number of aromatic carboxylic acids is 1. The molecule has 0 amide bonds. The Kier molecular flexibility index (Phi) is 3.28. The predicted molar refractivity (Wildman–Crippen MR) is 86.2 cm³/mol. The Morgan fingerprint density at radius 1 is 1.32 bits per heavy atom. The molecule has 0 atom stereocenters. The SMILES string of the molecule is Cc1c(C(=O)O)c2cccc(-c3cnn(C(C)C)c3)c2n1C. The van der Waals surface area contributed by atoms with Gasteiger partial charge in [0.2, 0.25) is 0 Å². The zero-order valence-electron chi connectivity index (χ0n) is 13.2. The van der Waals surface area contributed by atoms with Crippen LogP contribution in [0.2, 0.25) is 0 Å². The number of hydrogen-bond acceptors (Lipinski definition) is 2. The number of benzene rings is 1. The quantitative estimate of drug-likeness (QED) is 0.803. The first-order chi connectivity index (χ1) is 10.4. The molecule has 0 bridgehead atoms. The summed E-state index contributed by atoms with van der Waals surface area (Å²) in [6.07, 6.45) is 3.83. The summed E-state index contributed by atoms with van der Waals surface area (Å²) < 4.78 is 3.85. The fraction of sp³-hybridized carbons (Fsp3) is 0.294. The number of aryl methyl sites for hydroxylation is 1. The smallest absolute Gasteiger partial charge is 0.338 e. The lowest BCUT2D eigenvalue weighted by Gasteiger charge is -2.06. The first kappa shape index (κ1) is 14.4. The second-order valence-electron chi connectivity index (χ2n) is 5.83. The maximum absolute atomic E-state index is 11.6. The number of carboxylic acid groups (broad SMARTS) is 1. The Morgan fingerprint density at radius 2 is 2.05 bits per heavy atom. The molecule has 114 valence electrons. The van der Waals surface area contributed by atoms with Gasteiger partial charge in [-0.1, -0.05) is 18.2 Å². The van der Waals surface area contributed by atoms with Crippen molar-refractivity contribution in [3.63, 3.8) is 0 Å². The average molecular weight is 297 g/mol. The second kappa shape index (κ2) is 5.02. The molecule has 22 heavy (non-hydrogen) atoms. The van der Waals surface area contributed by atoms with Gasteiger partial charge >= 0.3 is 5.97 Å². The van der Waals surface area contributed by atoms with Crippen molar-refractivity contribution in [2.75, 3.05) is 0 Å². The summed E-state index contributed by atoms with van der Waals surface area (Å²) in [7, 11) is 1.90. The van der Waals surface area contributed by atoms with Gasteiger partial charge in [-0.15, -0.1) is 0 Å². The highest BCUT2D eigenvalue weighted by atomic mass is 16.4. The van der Waals surface area contributed by atoms with Crippen LogP contribution in [0.3, 0.4) is 0 Å². The average Bonchev–Trinajstić information content (AvgIpc) is 3.04. The third-order valence-electron chi connectivity index (χ3n) is 4.16. The number of carboxylic acids is 1. The maximum atomic E-state index is 11.6. The molecule has 0 unspecified atom stereocenters. The van der Waals surface area contributed by atoms with E-state index in [1.807, 2.05) is 53.8 Å². The molecular weight excluding hydrogens is 278 g/mol. The molecule has 0 aliphatic rings. The van der Waals surface area contributed by atoms with E-state index in [1.54, 1.807) is 0 Å². The number of aromatic nitrogens is 3. The van der Waals surface area contributed by atoms with E-state index in [2.05, 4.69) is 18.9 Å². The van der Waals surface area contributed by atoms with Gasteiger partial charge in [-0.3, -0.25) is 4.68 Å². The Bertz CT molecular complexity index is 872. The van der Waals surface area contributed by atoms with Gasteiger partial charge in [0.1, 0.15) is 0 Å². The van der Waals surface area contributed by atoms with Crippen LogP contribution in [0.5, 0.6) is 0 Å². The van der Waals surface area contributed by atoms with Gasteiger partial charge in [0.05, 0.1) is 17.3 Å². The standard InChI is InChI=1S/C17H19N3O2/c1-10(2)20-9-12(8-18-20)13-6-5-7-14-15(17(21)22)11(3)19(4)16(13)14/h5-10H,1-4H3,(H,21,22). The van der Waals surface area contributed by atoms with Crippen LogP contribution in [-0.2, 0) is 7.05 Å². The van der Waals surface area contributed by atoms with Crippen molar-refractivity contribution in [1.82, 2.24) is 14.3 Å². The van der Waals surface area contributed by atoms with Gasteiger partial charge in [-0.05, 0) is 20.8 Å². The molecule has 0 fully saturated rings. The Morgan fingerprint density at radius 3 is 2.64 bits per heavy atom. The van der Waals surface area contributed by atoms with Crippen molar-refractivity contribution in [2.45, 2.75) is 26.8 Å². The van der Waals surface area contributed by atoms with Crippen molar-refractivity contribution >= 4 is 16.9 Å². The third kappa shape index (κ3) is 2.01. The second-order valence-corrected chi connectivity index (χ2v) is 5.83. The van der Waals surface area contributed by atoms with Crippen LogP contribution >= 0.6 is 0 Å². The predicted octanol–water partition coefficient (Wildman–Crippen LogP) is 3.63. The highest BCUT2D eigenvalue weighted by Crippen LogP contribution is 2.33. The van der Waals surface area contributed by atoms with Crippen LogP contribution < -0.4 is 0 Å². The van der Waals surface area contributed by atoms with E-state index < -0.39 is 5.97 Å². The maximum Gasteiger partial charge on any atom is 0.338 e. The van der Waals surface area contributed by atoms with Crippen molar-refractivity contribution in [1.29, 1.82) is 0 Å². The van der Waals surface area contributed by atoms with E-state index in [0.29, 0.717) is 5.56 Å². The van der Waals surface area contributed by atoms with E-state index >= 15 is 0 Å². The van der Waals surface area contributed by atoms with Crippen molar-refractivity contribution in [2.24, 2.45) is 7.05 Å². The summed E-state index contributed by atoms with van der Waals surface area (Å²) in [5.74, 6) is -0.891. The van der Waals surface area contributed by atoms with E-state index in [9.17, 15) is 9.90 Å². The normalized spacial score (nSPS) is 11.5. The molecule has 5 heteroatoms. The van der Waals surface area contributed by atoms with Crippen molar-refractivity contribution in [3.8, 4) is 11.1 Å². The fourth-order valence-electron chi connectivity index (χ4n) is 2.90. The molecule has 0 aliphatic heterocycles. The van der Waals surface area contributed by atoms with E-state index in [1.165, 1.54) is 0 Å². The largest absolute Gasteiger partial charge is 0.478 e. The molecule has 0 spiro atoms. The van der Waals surface area contributed by atoms with Gasteiger partial charge in [-0.25, -0.2) is 4.79 Å². The van der Waals surface area contributed by atoms with Crippen LogP contribution in [0.4, 0.5) is 0 Å². The summed E-state index contributed by atoms with van der Waals surface area (Å²) >= 11 is 0. The molecule has 1 aromatic carbocycles. The number of carbonyl (C=O) groups is 1. The van der Waals surface area contributed by atoms with E-state index in [-0.39, 0.29) is 6.04 Å². The van der Waals surface area contributed by atoms with E-state index in [4.69, 9.17) is 0 Å². The molecule has 3 aromatic rings. The zero-order chi connectivity index (χ0) is 16.0. The monoisotopic (exact) mass is 297 g/mol. The highest BCUT2D eigenvalue weighted by Gasteiger charge is 2.20. The van der Waals surface area contributed by atoms with Crippen LogP contribution in [0.1, 0.15) is 35.9 Å². The summed E-state index contributed by atoms with van der Waals surface area (Å²) in [4.78, 5) is 11.6. The van der Waals surface area contributed by atoms with Gasteiger partial charge in [0.15, 0.2) is 0 Å². The minimum Gasteiger partial charge on any atom is -0.478 e. The Labute approximate surface area is 128 Å². The lowest BCUT2D eigenvalue weighted by molar-refractivity contribution is 0.0698. The van der Waals surface area contributed by atoms with Crippen LogP contribution in [0.25, 0.3) is 22.0 Å². The summed E-state index contributed by atoms with van der Waals surface area (Å²) in [6.45, 7) is 5.99. The van der Waals surface area contributed by atoms with Crippen LogP contribution in [0.15, 0.2) is 30.6 Å². The van der Waals surface area contributed by atoms with Gasteiger partial charge in [-0.2, -0.15) is 5.10 Å². The summed E-state index contributed by atoms with van der Waals surface area (Å²) in [5, 5.41) is 14.6. The molecule has 1 N–H and O–H groups in total. The number of para-hydroxylation sites is 1. The van der Waals surface area contributed by atoms with Crippen molar-refractivity contribution in [3.05, 3.63) is 41.9 Å². The minimum atomic E-state index is -0.891. The number of rotatable bonds is 3. The topological polar surface area (TPSA) is 60.0 Å². The molecule has 2 heterocycles. The molecular formula is C17H19N3O2. The number of fused-ring (bicyclic) bond motifs is 1. The molecule has 0 saturated carbocycles. The minimum absolute atomic E-state index is 0.290. The lowest BCUT2D eigenvalue weighted by atomic mass is 10.0. The molecule has 0 radical (unpaired) electrons. The van der Waals surface area contributed by atoms with Gasteiger partial charge < -0.3 is 9.67 Å². The first-order valence-electron chi connectivity index (χ1n) is 7.27. The molecule has 0 aliphatic carbocycles. The number of nitrogens with zero attached hydrogens (tertiary/aromatic N) is 3. The number of hydrogen-bond donors (Lipinski definition) is 1. The Balaban J connectivity index is 2.31. The van der Waals surface area contributed by atoms with E-state index in [0.717, 1.165) is 27.7 Å². The third-order valence-corrected chi connectivity index (χ3v) is 4.16. The highest BCUT2D eigenvalue weighted by molar-refractivity contribution is 6.08. The molecule has 0 saturated heterocycles. The molecule has 5 nitrogen and oxygen atoms in total. The Hall–Kier alpha value is -2.56. The fourth-order valence-corrected chi connectivity index (χ4v) is 2.90. The molecule has 2 aromatic heterocycles. The van der Waals surface area contributed by atoms with Gasteiger partial charge in [0.25, 0.3) is 0 Å². The first-order valence-corrected chi connectivity index (χ1v) is 7.27. The van der Waals surface area contributed by atoms with Gasteiger partial charge in [0, 0.05) is 41.5 Å². The van der Waals surface area contributed by atoms with Crippen LogP contribution in [0, 0.1) is 6.92 Å². The summed E-state index contributed by atoms with van der Waals surface area (Å²) in [5.41, 5.74) is 4.06. The lowest BCUT2D eigenvalue weighted by Crippen LogP contribution is -1.99.